The van der Waals surface area contributed by atoms with Gasteiger partial charge in [-0.3, -0.25) is 4.79 Å². The quantitative estimate of drug-likeness (QED) is 0.709. The SMILES string of the molecule is Cc1cn2cc(NC(=O)c3ccc(N4CCNC(C(C)C)C4)cc3F)ncc2n1. The Balaban J connectivity index is 1.50. The average Bonchev–Trinajstić information content (AvgIpc) is 3.07. The normalized spacial score (nSPS) is 17.1. The fourth-order valence-corrected chi connectivity index (χ4v) is 3.62. The molecule has 1 fully saturated rings. The van der Waals surface area contributed by atoms with E-state index in [0.717, 1.165) is 31.0 Å². The highest BCUT2D eigenvalue weighted by Gasteiger charge is 2.23. The number of nitrogens with one attached hydrogen (secondary N) is 2. The van der Waals surface area contributed by atoms with Crippen LogP contribution >= 0.6 is 0 Å². The number of halogens is 1. The Labute approximate surface area is 169 Å². The lowest BCUT2D eigenvalue weighted by Gasteiger charge is -2.37. The van der Waals surface area contributed by atoms with Gasteiger partial charge in [-0.25, -0.2) is 14.4 Å². The first kappa shape index (κ1) is 19.3. The van der Waals surface area contributed by atoms with E-state index in [4.69, 9.17) is 0 Å². The van der Waals surface area contributed by atoms with Gasteiger partial charge >= 0.3 is 0 Å². The van der Waals surface area contributed by atoms with Gasteiger partial charge in [-0.2, -0.15) is 0 Å². The third kappa shape index (κ3) is 4.07. The molecule has 1 aliphatic rings. The molecule has 1 aliphatic heterocycles. The number of carbonyl (C=O) groups excluding carboxylic acids is 1. The van der Waals surface area contributed by atoms with Crippen molar-refractivity contribution < 1.29 is 9.18 Å². The number of anilines is 2. The second-order valence-electron chi connectivity index (χ2n) is 7.79. The van der Waals surface area contributed by atoms with Gasteiger partial charge in [-0.15, -0.1) is 0 Å². The molecule has 0 aliphatic carbocycles. The topological polar surface area (TPSA) is 74.6 Å². The average molecular weight is 396 g/mol. The molecule has 4 rings (SSSR count). The minimum Gasteiger partial charge on any atom is -0.369 e. The Bertz CT molecular complexity index is 1050. The molecule has 1 unspecified atom stereocenters. The zero-order valence-corrected chi connectivity index (χ0v) is 16.8. The fraction of sp³-hybridized carbons (Fsp3) is 0.381. The van der Waals surface area contributed by atoms with E-state index < -0.39 is 11.7 Å². The lowest BCUT2D eigenvalue weighted by atomic mass is 10.0. The van der Waals surface area contributed by atoms with Crippen LogP contribution in [0.25, 0.3) is 5.65 Å². The molecule has 152 valence electrons. The molecule has 2 aromatic heterocycles. The molecule has 7 nitrogen and oxygen atoms in total. The number of aromatic nitrogens is 3. The van der Waals surface area contributed by atoms with Crippen molar-refractivity contribution in [3.8, 4) is 0 Å². The molecule has 0 bridgehead atoms. The fourth-order valence-electron chi connectivity index (χ4n) is 3.62. The zero-order valence-electron chi connectivity index (χ0n) is 16.8. The van der Waals surface area contributed by atoms with E-state index in [2.05, 4.69) is 39.3 Å². The summed E-state index contributed by atoms with van der Waals surface area (Å²) in [6.45, 7) is 8.70. The maximum absolute atomic E-state index is 14.7. The Morgan fingerprint density at radius 3 is 2.93 bits per heavy atom. The van der Waals surface area contributed by atoms with Crippen molar-refractivity contribution in [1.29, 1.82) is 0 Å². The predicted octanol–water partition coefficient (Wildman–Crippen LogP) is 2.86. The molecule has 2 N–H and O–H groups in total. The van der Waals surface area contributed by atoms with E-state index in [9.17, 15) is 9.18 Å². The van der Waals surface area contributed by atoms with E-state index in [0.29, 0.717) is 23.4 Å². The van der Waals surface area contributed by atoms with E-state index in [1.165, 1.54) is 12.1 Å². The van der Waals surface area contributed by atoms with Crippen LogP contribution in [0.5, 0.6) is 0 Å². The molecular weight excluding hydrogens is 371 g/mol. The largest absolute Gasteiger partial charge is 0.369 e. The van der Waals surface area contributed by atoms with Crippen LogP contribution in [-0.4, -0.2) is 46.0 Å². The van der Waals surface area contributed by atoms with Gasteiger partial charge in [0.1, 0.15) is 11.6 Å². The highest BCUT2D eigenvalue weighted by atomic mass is 19.1. The summed E-state index contributed by atoms with van der Waals surface area (Å²) in [5.41, 5.74) is 2.32. The zero-order chi connectivity index (χ0) is 20.5. The van der Waals surface area contributed by atoms with Crippen LogP contribution in [0.3, 0.4) is 0 Å². The molecule has 1 saturated heterocycles. The summed E-state index contributed by atoms with van der Waals surface area (Å²) in [6.07, 6.45) is 5.06. The first-order valence-electron chi connectivity index (χ1n) is 9.81. The number of imidazole rings is 1. The number of rotatable bonds is 4. The van der Waals surface area contributed by atoms with Crippen molar-refractivity contribution >= 4 is 23.1 Å². The summed E-state index contributed by atoms with van der Waals surface area (Å²) in [6, 6.07) is 5.14. The Kier molecular flexibility index (Phi) is 5.19. The molecule has 0 radical (unpaired) electrons. The monoisotopic (exact) mass is 396 g/mol. The van der Waals surface area contributed by atoms with E-state index in [1.54, 1.807) is 22.9 Å². The molecule has 1 aromatic carbocycles. The van der Waals surface area contributed by atoms with Crippen molar-refractivity contribution in [3.63, 3.8) is 0 Å². The maximum atomic E-state index is 14.7. The summed E-state index contributed by atoms with van der Waals surface area (Å²) in [5.74, 6) is -0.237. The summed E-state index contributed by atoms with van der Waals surface area (Å²) in [7, 11) is 0. The number of hydrogen-bond donors (Lipinski definition) is 2. The van der Waals surface area contributed by atoms with Crippen LogP contribution in [-0.2, 0) is 0 Å². The minimum atomic E-state index is -0.542. The highest BCUT2D eigenvalue weighted by molar-refractivity contribution is 6.04. The van der Waals surface area contributed by atoms with Gasteiger partial charge in [0.25, 0.3) is 5.91 Å². The predicted molar refractivity (Wildman–Crippen MR) is 111 cm³/mol. The highest BCUT2D eigenvalue weighted by Crippen LogP contribution is 2.22. The minimum absolute atomic E-state index is 0.00648. The Morgan fingerprint density at radius 1 is 1.34 bits per heavy atom. The molecule has 1 amide bonds. The number of benzene rings is 1. The van der Waals surface area contributed by atoms with Gasteiger partial charge in [0, 0.05) is 37.6 Å². The van der Waals surface area contributed by atoms with Crippen molar-refractivity contribution in [2.45, 2.75) is 26.8 Å². The lowest BCUT2D eigenvalue weighted by molar-refractivity contribution is 0.102. The Hall–Kier alpha value is -3.00. The van der Waals surface area contributed by atoms with Gasteiger partial charge < -0.3 is 19.9 Å². The van der Waals surface area contributed by atoms with E-state index >= 15 is 0 Å². The van der Waals surface area contributed by atoms with Crippen molar-refractivity contribution in [3.05, 3.63) is 53.9 Å². The first-order valence-corrected chi connectivity index (χ1v) is 9.81. The standard InChI is InChI=1S/C21H25FN6O/c1-13(2)18-11-27(7-6-23-18)15-4-5-16(17(22)8-15)21(29)26-19-12-28-10-14(3)25-20(28)9-24-19/h4-5,8-10,12-13,18,23H,6-7,11H2,1-3H3,(H,26,29). The summed E-state index contributed by atoms with van der Waals surface area (Å²) < 4.78 is 16.5. The second-order valence-corrected chi connectivity index (χ2v) is 7.79. The molecular formula is C21H25FN6O. The van der Waals surface area contributed by atoms with Gasteiger partial charge in [0.15, 0.2) is 5.65 Å². The lowest BCUT2D eigenvalue weighted by Crippen LogP contribution is -2.53. The smallest absolute Gasteiger partial charge is 0.259 e. The molecule has 0 saturated carbocycles. The summed E-state index contributed by atoms with van der Waals surface area (Å²) in [4.78, 5) is 23.2. The molecule has 3 heterocycles. The van der Waals surface area contributed by atoms with Crippen LogP contribution in [0.1, 0.15) is 29.9 Å². The van der Waals surface area contributed by atoms with Crippen LogP contribution in [0, 0.1) is 18.7 Å². The number of piperazine rings is 1. The van der Waals surface area contributed by atoms with Gasteiger partial charge in [0.05, 0.1) is 23.7 Å². The number of aryl methyl sites for hydroxylation is 1. The van der Waals surface area contributed by atoms with Gasteiger partial charge in [-0.05, 0) is 31.0 Å². The molecule has 8 heteroatoms. The third-order valence-electron chi connectivity index (χ3n) is 5.28. The van der Waals surface area contributed by atoms with E-state index in [-0.39, 0.29) is 5.56 Å². The Morgan fingerprint density at radius 2 is 2.17 bits per heavy atom. The number of carbonyl (C=O) groups is 1. The number of amides is 1. The second kappa shape index (κ2) is 7.79. The van der Waals surface area contributed by atoms with Crippen LogP contribution in [0.2, 0.25) is 0 Å². The molecule has 1 atom stereocenters. The molecule has 29 heavy (non-hydrogen) atoms. The van der Waals surface area contributed by atoms with E-state index in [1.807, 2.05) is 13.1 Å². The molecule has 3 aromatic rings. The van der Waals surface area contributed by atoms with Crippen molar-refractivity contribution in [2.75, 3.05) is 29.9 Å². The van der Waals surface area contributed by atoms with Crippen LogP contribution < -0.4 is 15.5 Å². The van der Waals surface area contributed by atoms with Crippen molar-refractivity contribution in [2.24, 2.45) is 5.92 Å². The van der Waals surface area contributed by atoms with Crippen LogP contribution in [0.4, 0.5) is 15.9 Å². The van der Waals surface area contributed by atoms with Crippen molar-refractivity contribution in [1.82, 2.24) is 19.7 Å². The third-order valence-corrected chi connectivity index (χ3v) is 5.28. The van der Waals surface area contributed by atoms with Gasteiger partial charge in [-0.1, -0.05) is 13.8 Å². The number of fused-ring (bicyclic) bond motifs is 1. The first-order chi connectivity index (χ1) is 13.9. The maximum Gasteiger partial charge on any atom is 0.259 e. The summed E-state index contributed by atoms with van der Waals surface area (Å²) in [5, 5.41) is 6.15. The summed E-state index contributed by atoms with van der Waals surface area (Å²) >= 11 is 0. The van der Waals surface area contributed by atoms with Crippen LogP contribution in [0.15, 0.2) is 36.8 Å². The number of nitrogens with zero attached hydrogens (tertiary/aromatic N) is 4. The molecule has 0 spiro atoms. The number of hydrogen-bond acceptors (Lipinski definition) is 5. The van der Waals surface area contributed by atoms with Gasteiger partial charge in [0.2, 0.25) is 0 Å².